The van der Waals surface area contributed by atoms with Gasteiger partial charge in [0.05, 0.1) is 23.7 Å². The van der Waals surface area contributed by atoms with Crippen LogP contribution in [-0.2, 0) is 26.0 Å². The van der Waals surface area contributed by atoms with E-state index in [1.165, 1.54) is 9.21 Å². The maximum atomic E-state index is 13.6. The Hall–Kier alpha value is -3.69. The van der Waals surface area contributed by atoms with Crippen LogP contribution in [0.2, 0.25) is 0 Å². The molecule has 0 spiro atoms. The average molecular weight is 536 g/mol. The summed E-state index contributed by atoms with van der Waals surface area (Å²) in [6.45, 7) is 5.44. The van der Waals surface area contributed by atoms with Gasteiger partial charge >= 0.3 is 0 Å². The van der Waals surface area contributed by atoms with Crippen LogP contribution >= 0.6 is 0 Å². The van der Waals surface area contributed by atoms with Crippen LogP contribution in [0.15, 0.2) is 77.7 Å². The number of rotatable bonds is 9. The summed E-state index contributed by atoms with van der Waals surface area (Å²) >= 11 is 0. The van der Waals surface area contributed by atoms with E-state index in [0.29, 0.717) is 30.0 Å². The number of likely N-dealkylation sites (N-methyl/N-ethyl adjacent to an activating group) is 1. The molecule has 3 aromatic rings. The molecular weight excluding hydrogens is 502 g/mol. The van der Waals surface area contributed by atoms with Gasteiger partial charge in [0.15, 0.2) is 6.10 Å². The number of hydrogen-bond acceptors (Lipinski definition) is 5. The molecule has 1 N–H and O–H groups in total. The molecule has 38 heavy (non-hydrogen) atoms. The van der Waals surface area contributed by atoms with Crippen molar-refractivity contribution in [3.8, 4) is 5.75 Å². The highest BCUT2D eigenvalue weighted by atomic mass is 32.2. The van der Waals surface area contributed by atoms with E-state index in [-0.39, 0.29) is 30.4 Å². The van der Waals surface area contributed by atoms with Crippen LogP contribution in [0.3, 0.4) is 0 Å². The molecule has 9 heteroatoms. The maximum absolute atomic E-state index is 13.6. The number of carbonyl (C=O) groups is 2. The van der Waals surface area contributed by atoms with Gasteiger partial charge in [-0.05, 0) is 55.2 Å². The molecule has 0 saturated heterocycles. The smallest absolute Gasteiger partial charge is 0.262 e. The second kappa shape index (κ2) is 11.8. The number of sulfonamides is 1. The summed E-state index contributed by atoms with van der Waals surface area (Å²) in [5.74, 6) is -0.363. The van der Waals surface area contributed by atoms with E-state index < -0.39 is 22.0 Å². The summed E-state index contributed by atoms with van der Waals surface area (Å²) in [5.41, 5.74) is 3.04. The molecule has 2 amide bonds. The zero-order valence-corrected chi connectivity index (χ0v) is 22.7. The number of nitrogens with one attached hydrogen (secondary N) is 1. The minimum atomic E-state index is -3.91. The van der Waals surface area contributed by atoms with Gasteiger partial charge in [0, 0.05) is 13.1 Å². The molecule has 0 radical (unpaired) electrons. The normalized spacial score (nSPS) is 15.1. The Balaban J connectivity index is 1.50. The number of fused-ring (bicyclic) bond motifs is 1. The van der Waals surface area contributed by atoms with E-state index in [2.05, 4.69) is 5.32 Å². The summed E-state index contributed by atoms with van der Waals surface area (Å²) < 4.78 is 34.1. The van der Waals surface area contributed by atoms with Crippen LogP contribution in [0.4, 0.5) is 5.69 Å². The highest BCUT2D eigenvalue weighted by molar-refractivity contribution is 7.89. The van der Waals surface area contributed by atoms with Crippen molar-refractivity contribution in [3.05, 3.63) is 89.5 Å². The van der Waals surface area contributed by atoms with Crippen LogP contribution in [0.5, 0.6) is 5.75 Å². The number of aryl methyl sites for hydroxylation is 2. The minimum absolute atomic E-state index is 0.0198. The van der Waals surface area contributed by atoms with Gasteiger partial charge in [-0.3, -0.25) is 9.59 Å². The highest BCUT2D eigenvalue weighted by Gasteiger charge is 2.36. The van der Waals surface area contributed by atoms with Crippen LogP contribution in [-0.4, -0.2) is 56.8 Å². The predicted octanol–water partition coefficient (Wildman–Crippen LogP) is 3.47. The largest absolute Gasteiger partial charge is 0.477 e. The molecule has 1 aliphatic heterocycles. The number of benzene rings is 3. The molecule has 0 unspecified atom stereocenters. The molecule has 0 bridgehead atoms. The molecular formula is C29H33N3O5S. The standard InChI is InChI=1S/C29H33N3O5S/c1-4-31(38(35,36)27-18-21(2)14-15-22(27)3)20-28(33)32-19-26(37-25-13-9-8-12-24(25)32)29(34)30-17-16-23-10-6-5-7-11-23/h5-15,18,26H,4,16-17,19-20H2,1-3H3,(H,30,34)/t26-/m1/s1. The third kappa shape index (κ3) is 6.06. The summed E-state index contributed by atoms with van der Waals surface area (Å²) in [4.78, 5) is 28.2. The zero-order chi connectivity index (χ0) is 27.3. The zero-order valence-electron chi connectivity index (χ0n) is 21.9. The fourth-order valence-electron chi connectivity index (χ4n) is 4.42. The molecule has 0 fully saturated rings. The van der Waals surface area contributed by atoms with E-state index in [0.717, 1.165) is 11.1 Å². The predicted molar refractivity (Wildman–Crippen MR) is 147 cm³/mol. The van der Waals surface area contributed by atoms with Crippen LogP contribution < -0.4 is 15.0 Å². The molecule has 0 saturated carbocycles. The van der Waals surface area contributed by atoms with Crippen LogP contribution in [0.1, 0.15) is 23.6 Å². The lowest BCUT2D eigenvalue weighted by molar-refractivity contribution is -0.128. The van der Waals surface area contributed by atoms with Crippen molar-refractivity contribution in [1.82, 2.24) is 9.62 Å². The lowest BCUT2D eigenvalue weighted by Crippen LogP contribution is -2.53. The van der Waals surface area contributed by atoms with Crippen LogP contribution in [0, 0.1) is 13.8 Å². The second-order valence-corrected chi connectivity index (χ2v) is 11.2. The van der Waals surface area contributed by atoms with Crippen molar-refractivity contribution in [1.29, 1.82) is 0 Å². The average Bonchev–Trinajstić information content (AvgIpc) is 2.92. The SMILES string of the molecule is CCN(CC(=O)N1C[C@H](C(=O)NCCc2ccccc2)Oc2ccccc21)S(=O)(=O)c1cc(C)ccc1C. The first kappa shape index (κ1) is 27.3. The first-order valence-electron chi connectivity index (χ1n) is 12.7. The Morgan fingerprint density at radius 2 is 1.74 bits per heavy atom. The van der Waals surface area contributed by atoms with Crippen molar-refractivity contribution < 1.29 is 22.7 Å². The van der Waals surface area contributed by atoms with Gasteiger partial charge in [-0.2, -0.15) is 4.31 Å². The number of carbonyl (C=O) groups excluding carboxylic acids is 2. The fourth-order valence-corrected chi connectivity index (χ4v) is 6.13. The lowest BCUT2D eigenvalue weighted by Gasteiger charge is -2.35. The van der Waals surface area contributed by atoms with Gasteiger partial charge in [0.1, 0.15) is 5.75 Å². The molecule has 0 aromatic heterocycles. The van der Waals surface area contributed by atoms with E-state index in [1.54, 1.807) is 50.2 Å². The van der Waals surface area contributed by atoms with Crippen molar-refractivity contribution in [2.24, 2.45) is 0 Å². The number of para-hydroxylation sites is 2. The summed E-state index contributed by atoms with van der Waals surface area (Å²) in [6, 6.07) is 22.0. The first-order valence-corrected chi connectivity index (χ1v) is 14.1. The number of ether oxygens (including phenoxy) is 1. The van der Waals surface area contributed by atoms with Gasteiger partial charge in [-0.25, -0.2) is 8.42 Å². The van der Waals surface area contributed by atoms with Gasteiger partial charge in [0.25, 0.3) is 5.91 Å². The van der Waals surface area contributed by atoms with Gasteiger partial charge in [-0.15, -0.1) is 0 Å². The molecule has 1 heterocycles. The number of nitrogens with zero attached hydrogens (tertiary/aromatic N) is 2. The Morgan fingerprint density at radius 3 is 2.47 bits per heavy atom. The van der Waals surface area contributed by atoms with Gasteiger partial charge in [-0.1, -0.05) is 61.5 Å². The van der Waals surface area contributed by atoms with Crippen molar-refractivity contribution >= 4 is 27.5 Å². The van der Waals surface area contributed by atoms with Crippen molar-refractivity contribution in [2.75, 3.05) is 31.1 Å². The third-order valence-corrected chi connectivity index (χ3v) is 8.61. The number of hydrogen-bond donors (Lipinski definition) is 1. The summed E-state index contributed by atoms with van der Waals surface area (Å²) in [7, 11) is -3.91. The molecule has 1 aliphatic rings. The van der Waals surface area contributed by atoms with E-state index in [9.17, 15) is 18.0 Å². The maximum Gasteiger partial charge on any atom is 0.262 e. The Morgan fingerprint density at radius 1 is 1.03 bits per heavy atom. The summed E-state index contributed by atoms with van der Waals surface area (Å²) in [6.07, 6.45) is -0.254. The third-order valence-electron chi connectivity index (χ3n) is 6.55. The molecule has 4 rings (SSSR count). The first-order chi connectivity index (χ1) is 18.2. The quantitative estimate of drug-likeness (QED) is 0.453. The highest BCUT2D eigenvalue weighted by Crippen LogP contribution is 2.33. The molecule has 0 aliphatic carbocycles. The second-order valence-electron chi connectivity index (χ2n) is 9.31. The lowest BCUT2D eigenvalue weighted by atomic mass is 10.1. The van der Waals surface area contributed by atoms with Crippen molar-refractivity contribution in [3.63, 3.8) is 0 Å². The Kier molecular flexibility index (Phi) is 8.48. The van der Waals surface area contributed by atoms with Gasteiger partial charge < -0.3 is 15.0 Å². The van der Waals surface area contributed by atoms with Crippen molar-refractivity contribution in [2.45, 2.75) is 38.2 Å². The number of anilines is 1. The molecule has 8 nitrogen and oxygen atoms in total. The number of amides is 2. The molecule has 3 aromatic carbocycles. The van der Waals surface area contributed by atoms with Crippen LogP contribution in [0.25, 0.3) is 0 Å². The minimum Gasteiger partial charge on any atom is -0.477 e. The van der Waals surface area contributed by atoms with E-state index in [1.807, 2.05) is 43.3 Å². The summed E-state index contributed by atoms with van der Waals surface area (Å²) in [5, 5.41) is 2.89. The molecule has 1 atom stereocenters. The van der Waals surface area contributed by atoms with E-state index >= 15 is 0 Å². The fraction of sp³-hybridized carbons (Fsp3) is 0.310. The monoisotopic (exact) mass is 535 g/mol. The Labute approximate surface area is 224 Å². The van der Waals surface area contributed by atoms with E-state index in [4.69, 9.17) is 4.74 Å². The topological polar surface area (TPSA) is 96.0 Å². The van der Waals surface area contributed by atoms with Gasteiger partial charge in [0.2, 0.25) is 15.9 Å². The molecule has 200 valence electrons. The Bertz CT molecular complexity index is 1410.